The number of hydrogen-bond donors (Lipinski definition) is 1. The van der Waals surface area contributed by atoms with Crippen LogP contribution in [0.15, 0.2) is 18.2 Å². The normalized spacial score (nSPS) is 11.1. The lowest BCUT2D eigenvalue weighted by Gasteiger charge is -2.26. The molecule has 6 heteroatoms. The highest BCUT2D eigenvalue weighted by Crippen LogP contribution is 2.27. The third-order valence-corrected chi connectivity index (χ3v) is 3.63. The summed E-state index contributed by atoms with van der Waals surface area (Å²) in [5.41, 5.74) is 0. The van der Waals surface area contributed by atoms with Gasteiger partial charge in [0.15, 0.2) is 0 Å². The van der Waals surface area contributed by atoms with Crippen molar-refractivity contribution in [2.24, 2.45) is 0 Å². The molecule has 0 heterocycles. The quantitative estimate of drug-likeness (QED) is 0.743. The molecule has 0 aliphatic heterocycles. The van der Waals surface area contributed by atoms with Gasteiger partial charge >= 0.3 is 5.97 Å². The smallest absolute Gasteiger partial charge is 0.303 e. The molecular weight excluding hydrogens is 313 g/mol. The van der Waals surface area contributed by atoms with Gasteiger partial charge in [-0.25, -0.2) is 0 Å². The minimum Gasteiger partial charge on any atom is -0.491 e. The summed E-state index contributed by atoms with van der Waals surface area (Å²) in [4.78, 5) is 12.7. The van der Waals surface area contributed by atoms with Crippen LogP contribution in [0.2, 0.25) is 10.0 Å². The summed E-state index contributed by atoms with van der Waals surface area (Å²) in [5, 5.41) is 9.74. The Bertz CT molecular complexity index is 466. The van der Waals surface area contributed by atoms with Crippen LogP contribution in [0.4, 0.5) is 0 Å². The third-order valence-electron chi connectivity index (χ3n) is 3.10. The van der Waals surface area contributed by atoms with E-state index in [1.165, 1.54) is 0 Å². The Labute approximate surface area is 135 Å². The van der Waals surface area contributed by atoms with Crippen LogP contribution in [0.25, 0.3) is 0 Å². The van der Waals surface area contributed by atoms with Crippen molar-refractivity contribution in [2.75, 3.05) is 19.7 Å². The molecule has 0 aliphatic rings. The van der Waals surface area contributed by atoms with Gasteiger partial charge in [0.25, 0.3) is 0 Å². The number of rotatable bonds is 9. The lowest BCUT2D eigenvalue weighted by molar-refractivity contribution is -0.137. The molecule has 0 saturated carbocycles. The fraction of sp³-hybridized carbons (Fsp3) is 0.533. The molecule has 21 heavy (non-hydrogen) atoms. The molecule has 0 radical (unpaired) electrons. The molecule has 1 aromatic rings. The van der Waals surface area contributed by atoms with Gasteiger partial charge in [-0.1, -0.05) is 23.2 Å². The fourth-order valence-electron chi connectivity index (χ4n) is 1.93. The molecule has 0 bridgehead atoms. The second-order valence-electron chi connectivity index (χ2n) is 5.05. The van der Waals surface area contributed by atoms with Gasteiger partial charge in [-0.2, -0.15) is 0 Å². The third kappa shape index (κ3) is 7.02. The number of carboxylic acid groups (broad SMARTS) is 1. The first-order valence-corrected chi connectivity index (χ1v) is 7.69. The highest BCUT2D eigenvalue weighted by atomic mass is 35.5. The molecule has 0 amide bonds. The molecule has 1 rings (SSSR count). The molecule has 0 unspecified atom stereocenters. The van der Waals surface area contributed by atoms with Crippen molar-refractivity contribution in [3.63, 3.8) is 0 Å². The number of nitrogens with zero attached hydrogens (tertiary/aromatic N) is 1. The summed E-state index contributed by atoms with van der Waals surface area (Å²) in [6.07, 6.45) is 0.822. The van der Waals surface area contributed by atoms with Crippen molar-refractivity contribution < 1.29 is 14.6 Å². The average Bonchev–Trinajstić information content (AvgIpc) is 2.38. The summed E-state index contributed by atoms with van der Waals surface area (Å²) < 4.78 is 5.65. The summed E-state index contributed by atoms with van der Waals surface area (Å²) in [6.45, 7) is 6.11. The van der Waals surface area contributed by atoms with Crippen molar-refractivity contribution >= 4 is 29.2 Å². The van der Waals surface area contributed by atoms with E-state index < -0.39 is 5.97 Å². The summed E-state index contributed by atoms with van der Waals surface area (Å²) in [7, 11) is 0. The standard InChI is InChI=1S/C15H21Cl2NO3/c1-11(2)18(7-3-4-15(19)20)8-9-21-14-6-5-12(16)10-13(14)17/h5-6,10-11H,3-4,7-9H2,1-2H3,(H,19,20). The topological polar surface area (TPSA) is 49.8 Å². The first-order valence-electron chi connectivity index (χ1n) is 6.94. The van der Waals surface area contributed by atoms with Gasteiger partial charge in [-0.15, -0.1) is 0 Å². The summed E-state index contributed by atoms with van der Waals surface area (Å²) in [6, 6.07) is 5.46. The van der Waals surface area contributed by atoms with E-state index in [1.54, 1.807) is 18.2 Å². The molecule has 1 N–H and O–H groups in total. The molecule has 0 saturated heterocycles. The lowest BCUT2D eigenvalue weighted by Crippen LogP contribution is -2.35. The predicted molar refractivity (Wildman–Crippen MR) is 85.5 cm³/mol. The van der Waals surface area contributed by atoms with Crippen LogP contribution in [-0.2, 0) is 4.79 Å². The zero-order chi connectivity index (χ0) is 15.8. The van der Waals surface area contributed by atoms with E-state index in [0.717, 1.165) is 13.1 Å². The van der Waals surface area contributed by atoms with Gasteiger partial charge in [-0.05, 0) is 45.0 Å². The van der Waals surface area contributed by atoms with Crippen LogP contribution in [0.3, 0.4) is 0 Å². The van der Waals surface area contributed by atoms with Crippen LogP contribution in [-0.4, -0.2) is 41.7 Å². The Morgan fingerprint density at radius 1 is 1.33 bits per heavy atom. The van der Waals surface area contributed by atoms with E-state index >= 15 is 0 Å². The molecule has 0 atom stereocenters. The maximum atomic E-state index is 10.5. The first-order chi connectivity index (χ1) is 9.90. The van der Waals surface area contributed by atoms with E-state index in [0.29, 0.717) is 34.9 Å². The Hall–Kier alpha value is -0.970. The second kappa shape index (κ2) is 9.13. The van der Waals surface area contributed by atoms with Crippen molar-refractivity contribution in [1.82, 2.24) is 4.90 Å². The zero-order valence-electron chi connectivity index (χ0n) is 12.3. The number of hydrogen-bond acceptors (Lipinski definition) is 3. The largest absolute Gasteiger partial charge is 0.491 e. The number of carbonyl (C=O) groups is 1. The zero-order valence-corrected chi connectivity index (χ0v) is 13.8. The SMILES string of the molecule is CC(C)N(CCCC(=O)O)CCOc1ccc(Cl)cc1Cl. The Balaban J connectivity index is 2.40. The molecular formula is C15H21Cl2NO3. The first kappa shape index (κ1) is 18.1. The second-order valence-corrected chi connectivity index (χ2v) is 5.89. The maximum Gasteiger partial charge on any atom is 0.303 e. The molecule has 0 aromatic heterocycles. The number of halogens is 2. The average molecular weight is 334 g/mol. The lowest BCUT2D eigenvalue weighted by atomic mass is 10.2. The van der Waals surface area contributed by atoms with E-state index in [-0.39, 0.29) is 6.42 Å². The van der Waals surface area contributed by atoms with Gasteiger partial charge in [0.1, 0.15) is 12.4 Å². The number of ether oxygens (including phenoxy) is 1. The molecule has 0 spiro atoms. The minimum absolute atomic E-state index is 0.188. The van der Waals surface area contributed by atoms with Gasteiger partial charge in [-0.3, -0.25) is 9.69 Å². The van der Waals surface area contributed by atoms with E-state index in [1.807, 2.05) is 0 Å². The van der Waals surface area contributed by atoms with E-state index in [4.69, 9.17) is 33.0 Å². The molecule has 1 aromatic carbocycles. The van der Waals surface area contributed by atoms with Crippen LogP contribution in [0.1, 0.15) is 26.7 Å². The maximum absolute atomic E-state index is 10.5. The molecule has 0 aliphatic carbocycles. The van der Waals surface area contributed by atoms with Crippen LogP contribution >= 0.6 is 23.2 Å². The predicted octanol–water partition coefficient (Wildman–Crippen LogP) is 3.95. The molecule has 118 valence electrons. The van der Waals surface area contributed by atoms with Crippen molar-refractivity contribution in [3.8, 4) is 5.75 Å². The highest BCUT2D eigenvalue weighted by molar-refractivity contribution is 6.35. The van der Waals surface area contributed by atoms with E-state index in [2.05, 4.69) is 18.7 Å². The highest BCUT2D eigenvalue weighted by Gasteiger charge is 2.11. The van der Waals surface area contributed by atoms with Crippen LogP contribution in [0, 0.1) is 0 Å². The Kier molecular flexibility index (Phi) is 7.86. The van der Waals surface area contributed by atoms with Crippen molar-refractivity contribution in [2.45, 2.75) is 32.7 Å². The van der Waals surface area contributed by atoms with Gasteiger partial charge < -0.3 is 9.84 Å². The Morgan fingerprint density at radius 3 is 2.62 bits per heavy atom. The minimum atomic E-state index is -0.761. The molecule has 4 nitrogen and oxygen atoms in total. The summed E-state index contributed by atoms with van der Waals surface area (Å²) >= 11 is 11.9. The Morgan fingerprint density at radius 2 is 2.05 bits per heavy atom. The van der Waals surface area contributed by atoms with Gasteiger partial charge in [0, 0.05) is 24.0 Å². The van der Waals surface area contributed by atoms with E-state index in [9.17, 15) is 4.79 Å². The monoisotopic (exact) mass is 333 g/mol. The van der Waals surface area contributed by atoms with Gasteiger partial charge in [0.2, 0.25) is 0 Å². The number of aliphatic carboxylic acids is 1. The van der Waals surface area contributed by atoms with Crippen LogP contribution in [0.5, 0.6) is 5.75 Å². The number of carboxylic acids is 1. The summed E-state index contributed by atoms with van der Waals surface area (Å²) in [5.74, 6) is -0.154. The number of benzene rings is 1. The molecule has 0 fully saturated rings. The fourth-order valence-corrected chi connectivity index (χ4v) is 2.39. The van der Waals surface area contributed by atoms with Crippen molar-refractivity contribution in [1.29, 1.82) is 0 Å². The van der Waals surface area contributed by atoms with Gasteiger partial charge in [0.05, 0.1) is 5.02 Å². The van der Waals surface area contributed by atoms with Crippen LogP contribution < -0.4 is 4.74 Å². The van der Waals surface area contributed by atoms with Crippen molar-refractivity contribution in [3.05, 3.63) is 28.2 Å².